The highest BCUT2D eigenvalue weighted by atomic mass is 19.4. The molecule has 21 heteroatoms. The van der Waals surface area contributed by atoms with E-state index in [0.717, 1.165) is 0 Å². The van der Waals surface area contributed by atoms with Crippen molar-refractivity contribution in [3.63, 3.8) is 0 Å². The first-order valence-electron chi connectivity index (χ1n) is 8.30. The van der Waals surface area contributed by atoms with Gasteiger partial charge in [0.25, 0.3) is 0 Å². The Balaban J connectivity index is 6.31. The molecule has 0 N–H and O–H groups in total. The van der Waals surface area contributed by atoms with Crippen LogP contribution in [0.15, 0.2) is 12.7 Å². The minimum atomic E-state index is -8.59. The van der Waals surface area contributed by atoms with Crippen LogP contribution in [-0.2, 0) is 9.53 Å². The van der Waals surface area contributed by atoms with Gasteiger partial charge in [0.1, 0.15) is 0 Å². The first-order valence-corrected chi connectivity index (χ1v) is 8.30. The summed E-state index contributed by atoms with van der Waals surface area (Å²) in [6.45, 7) is 0.802. The standard InChI is InChI=1S/C15H9F19O2/c1-2-6(35)36-4-3-7(16,17)10(22,23)8(18,19)5-9(20,21)11(24,25)12(26,27)13(28,29)14(30,31)15(32,33)34/h2H,1,3-5H2. The first kappa shape index (κ1) is 33.9. The molecule has 0 unspecified atom stereocenters. The van der Waals surface area contributed by atoms with Crippen LogP contribution in [0.25, 0.3) is 0 Å². The van der Waals surface area contributed by atoms with Gasteiger partial charge in [0.05, 0.1) is 19.4 Å². The molecule has 0 radical (unpaired) electrons. The summed E-state index contributed by atoms with van der Waals surface area (Å²) in [6, 6.07) is 0. The van der Waals surface area contributed by atoms with Gasteiger partial charge in [-0.25, -0.2) is 4.79 Å². The van der Waals surface area contributed by atoms with E-state index < -0.39 is 79.0 Å². The molecule has 36 heavy (non-hydrogen) atoms. The smallest absolute Gasteiger partial charge is 0.460 e. The molecule has 0 aliphatic carbocycles. The van der Waals surface area contributed by atoms with E-state index >= 15 is 0 Å². The van der Waals surface area contributed by atoms with Crippen molar-refractivity contribution in [1.29, 1.82) is 0 Å². The fraction of sp³-hybridized carbons (Fsp3) is 0.800. The van der Waals surface area contributed by atoms with Gasteiger partial charge >= 0.3 is 59.5 Å². The SMILES string of the molecule is C=CC(=O)OCCC(F)(F)C(F)(F)C(F)(F)CC(F)(F)C(F)(F)C(F)(F)C(F)(F)C(F)(F)C(F)(F)F. The second-order valence-electron chi connectivity index (χ2n) is 6.78. The van der Waals surface area contributed by atoms with Crippen LogP contribution in [0.3, 0.4) is 0 Å². The number of carbonyl (C=O) groups excluding carboxylic acids is 1. The Morgan fingerprint density at radius 3 is 1.28 bits per heavy atom. The fourth-order valence-electron chi connectivity index (χ4n) is 2.07. The number of hydrogen-bond donors (Lipinski definition) is 0. The monoisotopic (exact) mass is 582 g/mol. The zero-order chi connectivity index (χ0) is 29.6. The average molecular weight is 582 g/mol. The second-order valence-corrected chi connectivity index (χ2v) is 6.78. The predicted octanol–water partition coefficient (Wildman–Crippen LogP) is 7.14. The Bertz CT molecular complexity index is 810. The lowest BCUT2D eigenvalue weighted by Gasteiger charge is -2.41. The third-order valence-electron chi connectivity index (χ3n) is 4.19. The molecule has 0 spiro atoms. The Labute approximate surface area is 186 Å². The molecular formula is C15H9F19O2. The number of ether oxygens (including phenoxy) is 1. The van der Waals surface area contributed by atoms with Gasteiger partial charge in [0.2, 0.25) is 0 Å². The molecule has 0 amide bonds. The van der Waals surface area contributed by atoms with Crippen LogP contribution in [-0.4, -0.2) is 66.1 Å². The zero-order valence-electron chi connectivity index (χ0n) is 16.4. The van der Waals surface area contributed by atoms with Crippen molar-refractivity contribution in [2.24, 2.45) is 0 Å². The van der Waals surface area contributed by atoms with E-state index in [1.807, 2.05) is 0 Å². The minimum Gasteiger partial charge on any atom is -0.462 e. The minimum absolute atomic E-state index is 0.228. The van der Waals surface area contributed by atoms with Crippen LogP contribution < -0.4 is 0 Å². The van der Waals surface area contributed by atoms with Crippen LogP contribution in [0.5, 0.6) is 0 Å². The molecule has 0 saturated heterocycles. The molecule has 2 nitrogen and oxygen atoms in total. The fourth-order valence-corrected chi connectivity index (χ4v) is 2.07. The third-order valence-corrected chi connectivity index (χ3v) is 4.19. The molecule has 0 aliphatic rings. The van der Waals surface area contributed by atoms with Gasteiger partial charge in [-0.3, -0.25) is 0 Å². The van der Waals surface area contributed by atoms with Gasteiger partial charge in [-0.15, -0.1) is 0 Å². The van der Waals surface area contributed by atoms with Crippen molar-refractivity contribution in [2.45, 2.75) is 66.4 Å². The molecule has 0 aromatic heterocycles. The summed E-state index contributed by atoms with van der Waals surface area (Å²) in [5, 5.41) is 0. The van der Waals surface area contributed by atoms with Crippen LogP contribution in [0.2, 0.25) is 0 Å². The number of hydrogen-bond acceptors (Lipinski definition) is 2. The van der Waals surface area contributed by atoms with Gasteiger partial charge < -0.3 is 4.74 Å². The Morgan fingerprint density at radius 1 is 0.556 bits per heavy atom. The highest BCUT2D eigenvalue weighted by Gasteiger charge is 2.91. The van der Waals surface area contributed by atoms with E-state index in [2.05, 4.69) is 11.3 Å². The summed E-state index contributed by atoms with van der Waals surface area (Å²) < 4.78 is 252. The molecule has 0 aromatic carbocycles. The van der Waals surface area contributed by atoms with Gasteiger partial charge in [0.15, 0.2) is 0 Å². The van der Waals surface area contributed by atoms with E-state index in [1.165, 1.54) is 0 Å². The van der Waals surface area contributed by atoms with Crippen molar-refractivity contribution in [2.75, 3.05) is 6.61 Å². The first-order chi connectivity index (χ1) is 15.4. The quantitative estimate of drug-likeness (QED) is 0.139. The molecule has 0 atom stereocenters. The third kappa shape index (κ3) is 5.28. The predicted molar refractivity (Wildman–Crippen MR) is 76.0 cm³/mol. The van der Waals surface area contributed by atoms with Gasteiger partial charge in [-0.1, -0.05) is 6.58 Å². The Kier molecular flexibility index (Phi) is 8.77. The largest absolute Gasteiger partial charge is 0.462 e. The Morgan fingerprint density at radius 2 is 0.917 bits per heavy atom. The van der Waals surface area contributed by atoms with E-state index in [-0.39, 0.29) is 6.08 Å². The molecule has 0 heterocycles. The molecule has 0 aromatic rings. The maximum Gasteiger partial charge on any atom is 0.460 e. The zero-order valence-corrected chi connectivity index (χ0v) is 16.4. The highest BCUT2D eigenvalue weighted by Crippen LogP contribution is 2.62. The maximum atomic E-state index is 13.6. The van der Waals surface area contributed by atoms with Crippen LogP contribution in [0.4, 0.5) is 83.4 Å². The van der Waals surface area contributed by atoms with Crippen molar-refractivity contribution in [3.05, 3.63) is 12.7 Å². The summed E-state index contributed by atoms with van der Waals surface area (Å²) in [4.78, 5) is 10.6. The molecule has 0 bridgehead atoms. The average Bonchev–Trinajstić information content (AvgIpc) is 2.64. The summed E-state index contributed by atoms with van der Waals surface area (Å²) in [6.07, 6.45) is -15.1. The number of halogens is 19. The number of carbonyl (C=O) groups is 1. The molecule has 0 saturated carbocycles. The topological polar surface area (TPSA) is 26.3 Å². The van der Waals surface area contributed by atoms with E-state index in [4.69, 9.17) is 0 Å². The molecule has 0 fully saturated rings. The van der Waals surface area contributed by atoms with E-state index in [9.17, 15) is 88.2 Å². The van der Waals surface area contributed by atoms with Gasteiger partial charge in [-0.2, -0.15) is 83.4 Å². The van der Waals surface area contributed by atoms with Gasteiger partial charge in [0, 0.05) is 6.08 Å². The van der Waals surface area contributed by atoms with Crippen molar-refractivity contribution in [3.8, 4) is 0 Å². The lowest BCUT2D eigenvalue weighted by molar-refractivity contribution is -0.444. The van der Waals surface area contributed by atoms with Crippen LogP contribution in [0.1, 0.15) is 12.8 Å². The summed E-state index contributed by atoms with van der Waals surface area (Å²) >= 11 is 0. The summed E-state index contributed by atoms with van der Waals surface area (Å²) in [5.41, 5.74) is 0. The van der Waals surface area contributed by atoms with Crippen molar-refractivity contribution in [1.82, 2.24) is 0 Å². The lowest BCUT2D eigenvalue weighted by atomic mass is 9.88. The highest BCUT2D eigenvalue weighted by molar-refractivity contribution is 5.81. The maximum absolute atomic E-state index is 13.6. The lowest BCUT2D eigenvalue weighted by Crippen LogP contribution is -2.71. The van der Waals surface area contributed by atoms with Crippen molar-refractivity contribution >= 4 is 5.97 Å². The normalized spacial score (nSPS) is 15.6. The van der Waals surface area contributed by atoms with Crippen LogP contribution in [0, 0.1) is 0 Å². The van der Waals surface area contributed by atoms with Crippen LogP contribution >= 0.6 is 0 Å². The Hall–Kier alpha value is -2.12. The summed E-state index contributed by atoms with van der Waals surface area (Å²) in [7, 11) is 0. The molecular weight excluding hydrogens is 573 g/mol. The molecule has 0 rings (SSSR count). The summed E-state index contributed by atoms with van der Waals surface area (Å²) in [5.74, 6) is -63.8. The van der Waals surface area contributed by atoms with Crippen molar-refractivity contribution < 1.29 is 92.9 Å². The van der Waals surface area contributed by atoms with E-state index in [1.54, 1.807) is 0 Å². The number of esters is 1. The van der Waals surface area contributed by atoms with Gasteiger partial charge in [-0.05, 0) is 0 Å². The number of alkyl halides is 19. The second kappa shape index (κ2) is 9.32. The van der Waals surface area contributed by atoms with E-state index in [0.29, 0.717) is 0 Å². The molecule has 214 valence electrons. The number of rotatable bonds is 12. The molecule has 0 aliphatic heterocycles.